The van der Waals surface area contributed by atoms with Gasteiger partial charge < -0.3 is 15.2 Å². The number of rotatable bonds is 6. The topological polar surface area (TPSA) is 73.9 Å². The number of aromatic amines is 1. The van der Waals surface area contributed by atoms with Crippen LogP contribution >= 0.6 is 11.6 Å². The summed E-state index contributed by atoms with van der Waals surface area (Å²) in [6.45, 7) is 5.35. The molecular weight excluding hydrogens is 398 g/mol. The number of aromatic nitrogens is 3. The van der Waals surface area contributed by atoms with E-state index in [1.54, 1.807) is 4.90 Å². The Labute approximate surface area is 179 Å². The molecule has 2 N–H and O–H groups in total. The van der Waals surface area contributed by atoms with Crippen molar-refractivity contribution in [3.05, 3.63) is 71.5 Å². The van der Waals surface area contributed by atoms with Gasteiger partial charge in [0.05, 0.1) is 5.39 Å². The van der Waals surface area contributed by atoms with Crippen molar-refractivity contribution in [3.8, 4) is 11.3 Å². The first kappa shape index (κ1) is 19.9. The summed E-state index contributed by atoms with van der Waals surface area (Å²) in [4.78, 5) is 26.4. The van der Waals surface area contributed by atoms with Crippen molar-refractivity contribution in [2.45, 2.75) is 13.8 Å². The fourth-order valence-corrected chi connectivity index (χ4v) is 3.57. The predicted molar refractivity (Wildman–Crippen MR) is 121 cm³/mol. The van der Waals surface area contributed by atoms with Crippen LogP contribution in [0, 0.1) is 0 Å². The Morgan fingerprint density at radius 2 is 1.83 bits per heavy atom. The molecule has 30 heavy (non-hydrogen) atoms. The maximum atomic E-state index is 12.5. The van der Waals surface area contributed by atoms with Crippen molar-refractivity contribution in [1.29, 1.82) is 0 Å². The van der Waals surface area contributed by atoms with Gasteiger partial charge in [-0.25, -0.2) is 9.97 Å². The highest BCUT2D eigenvalue weighted by Gasteiger charge is 2.14. The van der Waals surface area contributed by atoms with Crippen LogP contribution in [0.3, 0.4) is 0 Å². The number of hydrogen-bond donors (Lipinski definition) is 2. The number of benzene rings is 2. The molecule has 2 aromatic heterocycles. The van der Waals surface area contributed by atoms with Crippen molar-refractivity contribution in [1.82, 2.24) is 19.9 Å². The van der Waals surface area contributed by atoms with Gasteiger partial charge in [0, 0.05) is 35.1 Å². The van der Waals surface area contributed by atoms with E-state index < -0.39 is 0 Å². The van der Waals surface area contributed by atoms with E-state index in [9.17, 15) is 4.79 Å². The first-order chi connectivity index (χ1) is 14.6. The number of hydrogen-bond acceptors (Lipinski definition) is 4. The Morgan fingerprint density at radius 3 is 2.53 bits per heavy atom. The highest BCUT2D eigenvalue weighted by Crippen LogP contribution is 2.29. The number of amides is 1. The molecule has 2 heterocycles. The van der Waals surface area contributed by atoms with Crippen molar-refractivity contribution >= 4 is 40.0 Å². The van der Waals surface area contributed by atoms with Crippen LogP contribution in [0.5, 0.6) is 0 Å². The van der Waals surface area contributed by atoms with Crippen LogP contribution in [0.1, 0.15) is 24.2 Å². The molecule has 0 radical (unpaired) electrons. The van der Waals surface area contributed by atoms with Crippen LogP contribution in [0.15, 0.2) is 60.9 Å². The fourth-order valence-electron chi connectivity index (χ4n) is 3.38. The standard InChI is InChI=1S/C23H22ClN5O/c1-3-29(4-2)23(30)16-10-8-15(9-11-16)20-13-19-21(25-14-26-22(19)28-20)27-18-7-5-6-17(24)12-18/h5-14H,3-4H2,1-2H3,(H2,25,26,27,28). The Balaban J connectivity index is 1.63. The zero-order valence-electron chi connectivity index (χ0n) is 16.8. The first-order valence-corrected chi connectivity index (χ1v) is 10.2. The molecule has 0 fully saturated rings. The van der Waals surface area contributed by atoms with Crippen molar-refractivity contribution in [2.75, 3.05) is 18.4 Å². The molecule has 0 bridgehead atoms. The van der Waals surface area contributed by atoms with Crippen LogP contribution < -0.4 is 5.32 Å². The van der Waals surface area contributed by atoms with Crippen LogP contribution in [0.25, 0.3) is 22.3 Å². The minimum Gasteiger partial charge on any atom is -0.340 e. The van der Waals surface area contributed by atoms with Crippen LogP contribution in [0.4, 0.5) is 11.5 Å². The number of H-pyrrole nitrogens is 1. The Morgan fingerprint density at radius 1 is 1.07 bits per heavy atom. The summed E-state index contributed by atoms with van der Waals surface area (Å²) >= 11 is 6.08. The average Bonchev–Trinajstić information content (AvgIpc) is 3.20. The second-order valence-electron chi connectivity index (χ2n) is 6.86. The largest absolute Gasteiger partial charge is 0.340 e. The molecule has 2 aromatic carbocycles. The average molecular weight is 420 g/mol. The molecule has 4 aromatic rings. The van der Waals surface area contributed by atoms with E-state index in [1.807, 2.05) is 68.4 Å². The van der Waals surface area contributed by atoms with Gasteiger partial charge in [0.1, 0.15) is 17.8 Å². The minimum absolute atomic E-state index is 0.0436. The third-order valence-corrected chi connectivity index (χ3v) is 5.24. The first-order valence-electron chi connectivity index (χ1n) is 9.85. The monoisotopic (exact) mass is 419 g/mol. The number of carbonyl (C=O) groups is 1. The lowest BCUT2D eigenvalue weighted by Gasteiger charge is -2.18. The molecule has 7 heteroatoms. The van der Waals surface area contributed by atoms with E-state index in [2.05, 4.69) is 20.3 Å². The zero-order chi connectivity index (χ0) is 21.1. The number of anilines is 2. The molecule has 6 nitrogen and oxygen atoms in total. The number of fused-ring (bicyclic) bond motifs is 1. The summed E-state index contributed by atoms with van der Waals surface area (Å²) in [7, 11) is 0. The van der Waals surface area contributed by atoms with Gasteiger partial charge in [-0.2, -0.15) is 0 Å². The summed E-state index contributed by atoms with van der Waals surface area (Å²) in [6, 6.07) is 17.1. The lowest BCUT2D eigenvalue weighted by molar-refractivity contribution is 0.0773. The Kier molecular flexibility index (Phi) is 5.68. The normalized spacial score (nSPS) is 10.9. The highest BCUT2D eigenvalue weighted by atomic mass is 35.5. The number of halogens is 1. The molecule has 152 valence electrons. The molecule has 0 aliphatic carbocycles. The van der Waals surface area contributed by atoms with E-state index in [4.69, 9.17) is 11.6 Å². The van der Waals surface area contributed by atoms with Crippen LogP contribution in [-0.2, 0) is 0 Å². The smallest absolute Gasteiger partial charge is 0.253 e. The summed E-state index contributed by atoms with van der Waals surface area (Å²) in [5.74, 6) is 0.736. The van der Waals surface area contributed by atoms with Gasteiger partial charge in [0.15, 0.2) is 0 Å². The molecular formula is C23H22ClN5O. The third-order valence-electron chi connectivity index (χ3n) is 5.01. The van der Waals surface area contributed by atoms with Crippen LogP contribution in [-0.4, -0.2) is 38.8 Å². The van der Waals surface area contributed by atoms with Gasteiger partial charge in [-0.3, -0.25) is 4.79 Å². The molecule has 1 amide bonds. The van der Waals surface area contributed by atoms with E-state index in [1.165, 1.54) is 6.33 Å². The molecule has 0 aliphatic heterocycles. The maximum absolute atomic E-state index is 12.5. The molecule has 0 atom stereocenters. The highest BCUT2D eigenvalue weighted by molar-refractivity contribution is 6.30. The lowest BCUT2D eigenvalue weighted by atomic mass is 10.1. The quantitative estimate of drug-likeness (QED) is 0.432. The number of nitrogens with zero attached hydrogens (tertiary/aromatic N) is 3. The van der Waals surface area contributed by atoms with Gasteiger partial charge in [-0.15, -0.1) is 0 Å². The predicted octanol–water partition coefficient (Wildman–Crippen LogP) is 5.50. The fraction of sp³-hybridized carbons (Fsp3) is 0.174. The minimum atomic E-state index is 0.0436. The number of nitrogens with one attached hydrogen (secondary N) is 2. The van der Waals surface area contributed by atoms with E-state index >= 15 is 0 Å². The summed E-state index contributed by atoms with van der Waals surface area (Å²) < 4.78 is 0. The van der Waals surface area contributed by atoms with E-state index in [0.29, 0.717) is 29.5 Å². The molecule has 0 aliphatic rings. The molecule has 0 saturated carbocycles. The molecule has 0 saturated heterocycles. The van der Waals surface area contributed by atoms with Gasteiger partial charge in [-0.1, -0.05) is 29.8 Å². The summed E-state index contributed by atoms with van der Waals surface area (Å²) in [6.07, 6.45) is 1.52. The Bertz CT molecular complexity index is 1180. The maximum Gasteiger partial charge on any atom is 0.253 e. The van der Waals surface area contributed by atoms with E-state index in [0.717, 1.165) is 28.0 Å². The van der Waals surface area contributed by atoms with Crippen LogP contribution in [0.2, 0.25) is 5.02 Å². The summed E-state index contributed by atoms with van der Waals surface area (Å²) in [5, 5.41) is 4.82. The van der Waals surface area contributed by atoms with Gasteiger partial charge >= 0.3 is 0 Å². The van der Waals surface area contributed by atoms with Crippen molar-refractivity contribution in [2.24, 2.45) is 0 Å². The SMILES string of the molecule is CCN(CC)C(=O)c1ccc(-c2cc3c(Nc4cccc(Cl)c4)ncnc3[nH]2)cc1. The Hall–Kier alpha value is -3.38. The van der Waals surface area contributed by atoms with Gasteiger partial charge in [0.2, 0.25) is 0 Å². The van der Waals surface area contributed by atoms with Crippen molar-refractivity contribution in [3.63, 3.8) is 0 Å². The molecule has 0 spiro atoms. The molecule has 4 rings (SSSR count). The second kappa shape index (κ2) is 8.55. The van der Waals surface area contributed by atoms with Gasteiger partial charge in [-0.05, 0) is 55.8 Å². The van der Waals surface area contributed by atoms with E-state index in [-0.39, 0.29) is 5.91 Å². The third kappa shape index (κ3) is 4.00. The lowest BCUT2D eigenvalue weighted by Crippen LogP contribution is -2.30. The van der Waals surface area contributed by atoms with Crippen molar-refractivity contribution < 1.29 is 4.79 Å². The summed E-state index contributed by atoms with van der Waals surface area (Å²) in [5.41, 5.74) is 4.14. The van der Waals surface area contributed by atoms with Gasteiger partial charge in [0.25, 0.3) is 5.91 Å². The molecule has 0 unspecified atom stereocenters. The zero-order valence-corrected chi connectivity index (χ0v) is 17.6. The second-order valence-corrected chi connectivity index (χ2v) is 7.29. The number of carbonyl (C=O) groups excluding carboxylic acids is 1.